The van der Waals surface area contributed by atoms with Crippen molar-refractivity contribution in [3.63, 3.8) is 0 Å². The molecule has 1 aromatic heterocycles. The van der Waals surface area contributed by atoms with Gasteiger partial charge in [0, 0.05) is 18.0 Å². The Kier molecular flexibility index (Phi) is 8.23. The first-order valence-corrected chi connectivity index (χ1v) is 9.80. The molecule has 3 nitrogen and oxygen atoms in total. The number of hydrogen-bond acceptors (Lipinski definition) is 3. The van der Waals surface area contributed by atoms with Gasteiger partial charge < -0.3 is 5.11 Å². The van der Waals surface area contributed by atoms with Crippen LogP contribution in [0.25, 0.3) is 11.4 Å². The molecule has 2 rings (SSSR count). The third kappa shape index (κ3) is 6.23. The van der Waals surface area contributed by atoms with E-state index >= 15 is 0 Å². The summed E-state index contributed by atoms with van der Waals surface area (Å²) in [6.45, 7) is 2.26. The molecule has 0 amide bonds. The lowest BCUT2D eigenvalue weighted by molar-refractivity contribution is 0.472. The molecule has 0 aliphatic carbocycles. The molecule has 0 bridgehead atoms. The van der Waals surface area contributed by atoms with E-state index in [-0.39, 0.29) is 5.75 Å². The van der Waals surface area contributed by atoms with E-state index in [0.717, 1.165) is 12.0 Å². The van der Waals surface area contributed by atoms with Crippen LogP contribution >= 0.6 is 15.9 Å². The fourth-order valence-electron chi connectivity index (χ4n) is 2.74. The summed E-state index contributed by atoms with van der Waals surface area (Å²) in [5.41, 5.74) is 2.10. The van der Waals surface area contributed by atoms with Gasteiger partial charge in [-0.05, 0) is 52.5 Å². The maximum Gasteiger partial charge on any atom is 0.159 e. The van der Waals surface area contributed by atoms with Gasteiger partial charge in [0.05, 0.1) is 4.47 Å². The van der Waals surface area contributed by atoms with E-state index in [9.17, 15) is 5.11 Å². The van der Waals surface area contributed by atoms with Crippen molar-refractivity contribution < 1.29 is 5.11 Å². The lowest BCUT2D eigenvalue weighted by Crippen LogP contribution is -1.93. The van der Waals surface area contributed by atoms with Gasteiger partial charge in [0.25, 0.3) is 0 Å². The van der Waals surface area contributed by atoms with E-state index < -0.39 is 0 Å². The third-order valence-electron chi connectivity index (χ3n) is 4.23. The van der Waals surface area contributed by atoms with Crippen LogP contribution in [0.1, 0.15) is 63.9 Å². The van der Waals surface area contributed by atoms with Crippen LogP contribution in [0, 0.1) is 0 Å². The molecule has 2 aromatic rings. The molecular weight excluding hydrogens is 364 g/mol. The zero-order chi connectivity index (χ0) is 17.2. The quantitative estimate of drug-likeness (QED) is 0.484. The highest BCUT2D eigenvalue weighted by Gasteiger charge is 2.05. The molecule has 0 aliphatic heterocycles. The maximum absolute atomic E-state index is 9.55. The van der Waals surface area contributed by atoms with Gasteiger partial charge in [-0.2, -0.15) is 0 Å². The average Bonchev–Trinajstić information content (AvgIpc) is 2.60. The van der Waals surface area contributed by atoms with Gasteiger partial charge in [-0.25, -0.2) is 9.97 Å². The van der Waals surface area contributed by atoms with Crippen molar-refractivity contribution in [2.75, 3.05) is 0 Å². The maximum atomic E-state index is 9.55. The van der Waals surface area contributed by atoms with Gasteiger partial charge in [0.15, 0.2) is 5.82 Å². The Morgan fingerprint density at radius 1 is 0.917 bits per heavy atom. The number of nitrogens with zero attached hydrogens (tertiary/aromatic N) is 2. The van der Waals surface area contributed by atoms with Crippen molar-refractivity contribution in [3.8, 4) is 17.1 Å². The SMILES string of the molecule is CCCCCCCCCCc1cnc(-c2ccc(O)c(Br)c2)nc1. The Balaban J connectivity index is 1.73. The smallest absolute Gasteiger partial charge is 0.159 e. The molecule has 0 atom stereocenters. The summed E-state index contributed by atoms with van der Waals surface area (Å²) in [6, 6.07) is 5.31. The van der Waals surface area contributed by atoms with Gasteiger partial charge in [-0.3, -0.25) is 0 Å². The highest BCUT2D eigenvalue weighted by atomic mass is 79.9. The largest absolute Gasteiger partial charge is 0.507 e. The van der Waals surface area contributed by atoms with Gasteiger partial charge in [-0.15, -0.1) is 0 Å². The second kappa shape index (κ2) is 10.4. The zero-order valence-electron chi connectivity index (χ0n) is 14.5. The van der Waals surface area contributed by atoms with Crippen LogP contribution in [0.4, 0.5) is 0 Å². The second-order valence-corrected chi connectivity index (χ2v) is 7.16. The number of unbranched alkanes of at least 4 members (excludes halogenated alkanes) is 7. The monoisotopic (exact) mass is 390 g/mol. The van der Waals surface area contributed by atoms with Crippen LogP contribution < -0.4 is 0 Å². The molecule has 1 heterocycles. The van der Waals surface area contributed by atoms with Gasteiger partial charge >= 0.3 is 0 Å². The van der Waals surface area contributed by atoms with Crippen LogP contribution in [0.15, 0.2) is 35.1 Å². The highest BCUT2D eigenvalue weighted by molar-refractivity contribution is 9.10. The first kappa shape index (κ1) is 18.9. The van der Waals surface area contributed by atoms with E-state index in [1.54, 1.807) is 6.07 Å². The summed E-state index contributed by atoms with van der Waals surface area (Å²) in [4.78, 5) is 8.91. The lowest BCUT2D eigenvalue weighted by atomic mass is 10.1. The van der Waals surface area contributed by atoms with Crippen molar-refractivity contribution in [2.24, 2.45) is 0 Å². The van der Waals surface area contributed by atoms with Crippen LogP contribution in [0.2, 0.25) is 0 Å². The minimum absolute atomic E-state index is 0.227. The van der Waals surface area contributed by atoms with Gasteiger partial charge in [0.2, 0.25) is 0 Å². The summed E-state index contributed by atoms with van der Waals surface area (Å²) in [5.74, 6) is 0.917. The molecule has 0 unspecified atom stereocenters. The van der Waals surface area contributed by atoms with Crippen molar-refractivity contribution in [1.29, 1.82) is 0 Å². The summed E-state index contributed by atoms with van der Waals surface area (Å²) >= 11 is 3.32. The number of benzene rings is 1. The predicted octanol–water partition coefficient (Wildman–Crippen LogP) is 6.29. The molecule has 0 fully saturated rings. The Labute approximate surface area is 153 Å². The van der Waals surface area contributed by atoms with Gasteiger partial charge in [0.1, 0.15) is 5.75 Å². The number of halogens is 1. The molecule has 0 radical (unpaired) electrons. The summed E-state index contributed by atoms with van der Waals surface area (Å²) < 4.78 is 0.659. The number of phenolic OH excluding ortho intramolecular Hbond substituents is 1. The number of aromatic nitrogens is 2. The summed E-state index contributed by atoms with van der Waals surface area (Å²) in [7, 11) is 0. The number of aromatic hydroxyl groups is 1. The molecule has 4 heteroatoms. The molecular formula is C20H27BrN2O. The minimum atomic E-state index is 0.227. The second-order valence-electron chi connectivity index (χ2n) is 6.31. The Bertz CT molecular complexity index is 614. The molecule has 0 spiro atoms. The first-order chi connectivity index (χ1) is 11.7. The van der Waals surface area contributed by atoms with Crippen LogP contribution in [-0.2, 0) is 6.42 Å². The predicted molar refractivity (Wildman–Crippen MR) is 103 cm³/mol. The Hall–Kier alpha value is -1.42. The van der Waals surface area contributed by atoms with Crippen molar-refractivity contribution in [3.05, 3.63) is 40.6 Å². The highest BCUT2D eigenvalue weighted by Crippen LogP contribution is 2.28. The van der Waals surface area contributed by atoms with Crippen molar-refractivity contribution in [2.45, 2.75) is 64.7 Å². The number of hydrogen-bond donors (Lipinski definition) is 1. The molecule has 130 valence electrons. The van der Waals surface area contributed by atoms with Gasteiger partial charge in [-0.1, -0.05) is 51.9 Å². The van der Waals surface area contributed by atoms with Crippen molar-refractivity contribution in [1.82, 2.24) is 9.97 Å². The van der Waals surface area contributed by atoms with E-state index in [1.165, 1.54) is 56.9 Å². The lowest BCUT2D eigenvalue weighted by Gasteiger charge is -2.05. The normalized spacial score (nSPS) is 10.9. The number of aryl methyl sites for hydroxylation is 1. The minimum Gasteiger partial charge on any atom is -0.507 e. The van der Waals surface area contributed by atoms with E-state index in [4.69, 9.17) is 0 Å². The fourth-order valence-corrected chi connectivity index (χ4v) is 3.12. The molecule has 0 saturated heterocycles. The fraction of sp³-hybridized carbons (Fsp3) is 0.500. The third-order valence-corrected chi connectivity index (χ3v) is 4.87. The standard InChI is InChI=1S/C20H27BrN2O/c1-2-3-4-5-6-7-8-9-10-16-14-22-20(23-15-16)17-11-12-19(24)18(21)13-17/h11-15,24H,2-10H2,1H3. The van der Waals surface area contributed by atoms with Crippen molar-refractivity contribution >= 4 is 15.9 Å². The molecule has 0 aliphatic rings. The summed E-state index contributed by atoms with van der Waals surface area (Å²) in [5, 5.41) is 9.55. The summed E-state index contributed by atoms with van der Waals surface area (Å²) in [6.07, 6.45) is 15.6. The van der Waals surface area contributed by atoms with Crippen LogP contribution in [0.3, 0.4) is 0 Å². The molecule has 1 N–H and O–H groups in total. The molecule has 24 heavy (non-hydrogen) atoms. The van der Waals surface area contributed by atoms with E-state index in [2.05, 4.69) is 32.8 Å². The number of phenols is 1. The number of rotatable bonds is 10. The van der Waals surface area contributed by atoms with E-state index in [1.807, 2.05) is 24.5 Å². The topological polar surface area (TPSA) is 46.0 Å². The average molecular weight is 391 g/mol. The zero-order valence-corrected chi connectivity index (χ0v) is 16.1. The van der Waals surface area contributed by atoms with Crippen LogP contribution in [-0.4, -0.2) is 15.1 Å². The Morgan fingerprint density at radius 2 is 1.54 bits per heavy atom. The van der Waals surface area contributed by atoms with E-state index in [0.29, 0.717) is 10.3 Å². The first-order valence-electron chi connectivity index (χ1n) is 9.00. The Morgan fingerprint density at radius 3 is 2.17 bits per heavy atom. The van der Waals surface area contributed by atoms with Crippen LogP contribution in [0.5, 0.6) is 5.75 Å². The molecule has 1 aromatic carbocycles. The molecule has 0 saturated carbocycles.